The first kappa shape index (κ1) is 24.0. The van der Waals surface area contributed by atoms with Gasteiger partial charge in [0.1, 0.15) is 11.6 Å². The zero-order valence-electron chi connectivity index (χ0n) is 18.5. The van der Waals surface area contributed by atoms with Gasteiger partial charge in [0.05, 0.1) is 13.2 Å². The second-order valence-corrected chi connectivity index (χ2v) is 7.25. The Bertz CT molecular complexity index is 885. The fraction of sp³-hybridized carbons (Fsp3) is 0.385. The van der Waals surface area contributed by atoms with Crippen molar-refractivity contribution in [3.8, 4) is 17.6 Å². The molecule has 2 rings (SSSR count). The number of amides is 1. The predicted molar refractivity (Wildman–Crippen MR) is 125 cm³/mol. The number of anilines is 1. The number of ether oxygens (including phenoxy) is 2. The summed E-state index contributed by atoms with van der Waals surface area (Å²) in [6, 6.07) is 16.5. The topological polar surface area (TPSA) is 71.3 Å². The van der Waals surface area contributed by atoms with Gasteiger partial charge in [-0.3, -0.25) is 4.79 Å². The average Bonchev–Trinajstić information content (AvgIpc) is 2.78. The van der Waals surface area contributed by atoms with Crippen molar-refractivity contribution in [2.75, 3.05) is 18.5 Å². The van der Waals surface area contributed by atoms with Gasteiger partial charge in [0, 0.05) is 5.69 Å². The summed E-state index contributed by atoms with van der Waals surface area (Å²) in [6.07, 6.45) is 8.77. The Morgan fingerprint density at radius 1 is 0.968 bits per heavy atom. The number of para-hydroxylation sites is 1. The molecular weight excluding hydrogens is 388 g/mol. The Kier molecular flexibility index (Phi) is 10.7. The van der Waals surface area contributed by atoms with Crippen LogP contribution in [0.2, 0.25) is 0 Å². The first-order chi connectivity index (χ1) is 15.2. The molecule has 1 N–H and O–H groups in total. The molecule has 0 spiro atoms. The highest BCUT2D eigenvalue weighted by atomic mass is 16.5. The predicted octanol–water partition coefficient (Wildman–Crippen LogP) is 6.37. The fourth-order valence-electron chi connectivity index (χ4n) is 3.10. The summed E-state index contributed by atoms with van der Waals surface area (Å²) in [5.41, 5.74) is 1.37. The molecule has 5 heteroatoms. The maximum atomic E-state index is 12.4. The minimum atomic E-state index is -0.449. The lowest BCUT2D eigenvalue weighted by molar-refractivity contribution is -0.112. The van der Waals surface area contributed by atoms with E-state index in [0.717, 1.165) is 12.8 Å². The van der Waals surface area contributed by atoms with Crippen LogP contribution in [0.25, 0.3) is 6.08 Å². The molecule has 1 amide bonds. The second-order valence-electron chi connectivity index (χ2n) is 7.25. The molecule has 2 aromatic carbocycles. The van der Waals surface area contributed by atoms with E-state index >= 15 is 0 Å². The van der Waals surface area contributed by atoms with E-state index in [1.807, 2.05) is 43.3 Å². The summed E-state index contributed by atoms with van der Waals surface area (Å²) in [5, 5.41) is 12.2. The summed E-state index contributed by atoms with van der Waals surface area (Å²) in [5.74, 6) is 0.845. The number of nitrogens with one attached hydrogen (secondary N) is 1. The third-order valence-electron chi connectivity index (χ3n) is 4.73. The molecule has 0 bridgehead atoms. The number of benzene rings is 2. The van der Waals surface area contributed by atoms with Gasteiger partial charge in [-0.1, -0.05) is 63.3 Å². The number of rotatable bonds is 13. The molecule has 0 aliphatic carbocycles. The smallest absolute Gasteiger partial charge is 0.266 e. The molecule has 0 heterocycles. The summed E-state index contributed by atoms with van der Waals surface area (Å²) in [4.78, 5) is 12.4. The molecule has 0 aliphatic heterocycles. The van der Waals surface area contributed by atoms with Crippen LogP contribution < -0.4 is 14.8 Å². The Morgan fingerprint density at radius 3 is 2.42 bits per heavy atom. The number of carbonyl (C=O) groups is 1. The average molecular weight is 421 g/mol. The second kappa shape index (κ2) is 13.9. The minimum Gasteiger partial charge on any atom is -0.490 e. The summed E-state index contributed by atoms with van der Waals surface area (Å²) >= 11 is 0. The normalized spacial score (nSPS) is 10.9. The van der Waals surface area contributed by atoms with Crippen LogP contribution in [0.1, 0.15) is 57.9 Å². The lowest BCUT2D eigenvalue weighted by Gasteiger charge is -2.13. The van der Waals surface area contributed by atoms with E-state index in [-0.39, 0.29) is 5.57 Å². The van der Waals surface area contributed by atoms with E-state index in [0.29, 0.717) is 36.0 Å². The van der Waals surface area contributed by atoms with Crippen LogP contribution in [0.5, 0.6) is 11.5 Å². The zero-order chi connectivity index (χ0) is 22.3. The van der Waals surface area contributed by atoms with E-state index < -0.39 is 5.91 Å². The molecule has 0 unspecified atom stereocenters. The molecule has 164 valence electrons. The largest absolute Gasteiger partial charge is 0.490 e. The van der Waals surface area contributed by atoms with Gasteiger partial charge in [-0.2, -0.15) is 5.26 Å². The number of nitrogens with zero attached hydrogens (tertiary/aromatic N) is 1. The Hall–Kier alpha value is -3.26. The monoisotopic (exact) mass is 420 g/mol. The van der Waals surface area contributed by atoms with Gasteiger partial charge in [0.2, 0.25) is 0 Å². The van der Waals surface area contributed by atoms with E-state index in [2.05, 4.69) is 12.2 Å². The lowest BCUT2D eigenvalue weighted by atomic mass is 10.1. The van der Waals surface area contributed by atoms with Gasteiger partial charge in [-0.05, 0) is 49.2 Å². The quantitative estimate of drug-likeness (QED) is 0.232. The maximum absolute atomic E-state index is 12.4. The van der Waals surface area contributed by atoms with Crippen LogP contribution in [0.15, 0.2) is 54.1 Å². The number of unbranched alkanes of at least 4 members (excludes halogenated alkanes) is 5. The van der Waals surface area contributed by atoms with Crippen LogP contribution in [-0.2, 0) is 4.79 Å². The van der Waals surface area contributed by atoms with Crippen LogP contribution in [0.4, 0.5) is 5.69 Å². The van der Waals surface area contributed by atoms with Crippen LogP contribution in [-0.4, -0.2) is 19.1 Å². The van der Waals surface area contributed by atoms with E-state index in [1.54, 1.807) is 24.3 Å². The van der Waals surface area contributed by atoms with Crippen LogP contribution in [0, 0.1) is 11.3 Å². The van der Waals surface area contributed by atoms with Crippen molar-refractivity contribution in [2.45, 2.75) is 52.4 Å². The molecule has 0 radical (unpaired) electrons. The highest BCUT2D eigenvalue weighted by molar-refractivity contribution is 6.09. The molecule has 0 fully saturated rings. The minimum absolute atomic E-state index is 0.0204. The zero-order valence-corrected chi connectivity index (χ0v) is 18.5. The van der Waals surface area contributed by atoms with Crippen molar-refractivity contribution in [2.24, 2.45) is 0 Å². The molecular formula is C26H32N2O3. The Morgan fingerprint density at radius 2 is 1.71 bits per heavy atom. The molecule has 0 aliphatic rings. The Balaban J connectivity index is 2.02. The molecule has 2 aromatic rings. The maximum Gasteiger partial charge on any atom is 0.266 e. The lowest BCUT2D eigenvalue weighted by Crippen LogP contribution is -2.13. The van der Waals surface area contributed by atoms with E-state index in [4.69, 9.17) is 9.47 Å². The first-order valence-corrected chi connectivity index (χ1v) is 11.1. The third kappa shape index (κ3) is 8.55. The van der Waals surface area contributed by atoms with Crippen molar-refractivity contribution in [1.82, 2.24) is 0 Å². The van der Waals surface area contributed by atoms with Gasteiger partial charge >= 0.3 is 0 Å². The molecule has 5 nitrogen and oxygen atoms in total. The number of carbonyl (C=O) groups excluding carboxylic acids is 1. The van der Waals surface area contributed by atoms with Crippen molar-refractivity contribution < 1.29 is 14.3 Å². The van der Waals surface area contributed by atoms with Crippen LogP contribution >= 0.6 is 0 Å². The van der Waals surface area contributed by atoms with Crippen molar-refractivity contribution in [3.63, 3.8) is 0 Å². The van der Waals surface area contributed by atoms with Gasteiger partial charge in [0.15, 0.2) is 11.5 Å². The van der Waals surface area contributed by atoms with Crippen LogP contribution in [0.3, 0.4) is 0 Å². The van der Waals surface area contributed by atoms with Crippen molar-refractivity contribution in [1.29, 1.82) is 5.26 Å². The number of nitriles is 1. The summed E-state index contributed by atoms with van der Waals surface area (Å²) in [7, 11) is 0. The van der Waals surface area contributed by atoms with Crippen molar-refractivity contribution in [3.05, 3.63) is 59.7 Å². The molecule has 0 atom stereocenters. The van der Waals surface area contributed by atoms with E-state index in [1.165, 1.54) is 25.7 Å². The molecule has 31 heavy (non-hydrogen) atoms. The van der Waals surface area contributed by atoms with Gasteiger partial charge in [-0.25, -0.2) is 0 Å². The first-order valence-electron chi connectivity index (χ1n) is 11.1. The Labute approximate surface area is 185 Å². The molecule has 0 saturated carbocycles. The molecule has 0 saturated heterocycles. The SMILES string of the molecule is CCCCCCCCOc1ccc(/C=C(\C#N)C(=O)Nc2ccccc2)cc1OCC. The third-order valence-corrected chi connectivity index (χ3v) is 4.73. The summed E-state index contributed by atoms with van der Waals surface area (Å²) in [6.45, 7) is 5.27. The van der Waals surface area contributed by atoms with Gasteiger partial charge in [-0.15, -0.1) is 0 Å². The summed E-state index contributed by atoms with van der Waals surface area (Å²) < 4.78 is 11.6. The van der Waals surface area contributed by atoms with Crippen molar-refractivity contribution >= 4 is 17.7 Å². The van der Waals surface area contributed by atoms with E-state index in [9.17, 15) is 10.1 Å². The van der Waals surface area contributed by atoms with Gasteiger partial charge < -0.3 is 14.8 Å². The standard InChI is InChI=1S/C26H32N2O3/c1-3-5-6-7-8-12-17-31-24-16-15-21(19-25(24)30-4-2)18-22(20-27)26(29)28-23-13-10-9-11-14-23/h9-11,13-16,18-19H,3-8,12,17H2,1-2H3,(H,28,29)/b22-18+. The number of hydrogen-bond acceptors (Lipinski definition) is 4. The highest BCUT2D eigenvalue weighted by Gasteiger charge is 2.11. The number of hydrogen-bond donors (Lipinski definition) is 1. The van der Waals surface area contributed by atoms with Gasteiger partial charge in [0.25, 0.3) is 5.91 Å². The fourth-order valence-corrected chi connectivity index (χ4v) is 3.10. The highest BCUT2D eigenvalue weighted by Crippen LogP contribution is 2.30. The molecule has 0 aromatic heterocycles.